The van der Waals surface area contributed by atoms with E-state index in [0.29, 0.717) is 27.6 Å². The molecule has 0 spiro atoms. The summed E-state index contributed by atoms with van der Waals surface area (Å²) in [7, 11) is -4.04. The first kappa shape index (κ1) is 29.5. The van der Waals surface area contributed by atoms with Crippen molar-refractivity contribution in [3.63, 3.8) is 0 Å². The maximum Gasteiger partial charge on any atom is 0.408 e. The minimum absolute atomic E-state index is 0.0184. The molecule has 2 heterocycles. The first-order chi connectivity index (χ1) is 18.4. The zero-order valence-electron chi connectivity index (χ0n) is 23.5. The van der Waals surface area contributed by atoms with Crippen LogP contribution in [-0.4, -0.2) is 48.0 Å². The van der Waals surface area contributed by atoms with Gasteiger partial charge in [-0.15, -0.1) is 10.2 Å². The third-order valence-corrected chi connectivity index (χ3v) is 8.15. The molecular formula is C28H33ClN4O6S. The molecule has 4 rings (SSSR count). The number of sulfone groups is 1. The average Bonchev–Trinajstić information content (AvgIpc) is 3.30. The zero-order valence-corrected chi connectivity index (χ0v) is 25.1. The second kappa shape index (κ2) is 10.5. The largest absolute Gasteiger partial charge is 0.444 e. The molecule has 2 aromatic carbocycles. The number of carbonyl (C=O) groups is 2. The summed E-state index contributed by atoms with van der Waals surface area (Å²) in [5, 5.41) is 11.3. The van der Waals surface area contributed by atoms with E-state index in [9.17, 15) is 18.0 Å². The number of aryl methyl sites for hydroxylation is 1. The molecule has 1 aromatic heterocycles. The quantitative estimate of drug-likeness (QED) is 0.439. The lowest BCUT2D eigenvalue weighted by Gasteiger charge is -2.27. The average molecular weight is 589 g/mol. The van der Waals surface area contributed by atoms with Gasteiger partial charge in [-0.25, -0.2) is 13.2 Å². The van der Waals surface area contributed by atoms with Crippen LogP contribution in [0, 0.1) is 6.92 Å². The van der Waals surface area contributed by atoms with Crippen molar-refractivity contribution < 1.29 is 27.2 Å². The number of aromatic nitrogens is 2. The van der Waals surface area contributed by atoms with E-state index in [4.69, 9.17) is 20.8 Å². The van der Waals surface area contributed by atoms with Gasteiger partial charge in [0.15, 0.2) is 9.84 Å². The second-order valence-electron chi connectivity index (χ2n) is 11.8. The number of ether oxygens (including phenoxy) is 1. The summed E-state index contributed by atoms with van der Waals surface area (Å²) in [5.74, 6) is -0.629. The minimum Gasteiger partial charge on any atom is -0.444 e. The summed E-state index contributed by atoms with van der Waals surface area (Å²) < 4.78 is 38.6. The Balaban J connectivity index is 1.85. The van der Waals surface area contributed by atoms with Gasteiger partial charge in [-0.3, -0.25) is 4.79 Å². The number of amides is 2. The predicted octanol–water partition coefficient (Wildman–Crippen LogP) is 5.21. The van der Waals surface area contributed by atoms with E-state index < -0.39 is 44.6 Å². The third-order valence-electron chi connectivity index (χ3n) is 6.12. The van der Waals surface area contributed by atoms with Gasteiger partial charge in [-0.2, -0.15) is 0 Å². The molecule has 214 valence electrons. The number of fused-ring (bicyclic) bond motifs is 1. The molecule has 1 N–H and O–H groups in total. The standard InChI is InChI=1S/C28H33ClN4O6S/c1-16-12-22-21(13-19(16)23-31-32-25(38-23)27(2,3)4)33(14-17-8-10-18(29)11-9-17)24(34)20(15-40(22,36)37)30-26(35)39-28(5,6)7/h8-13,20H,14-15H2,1-7H3,(H,30,35)/t20-/m0/s1. The number of alkyl carbamates (subject to hydrolysis) is 1. The molecule has 40 heavy (non-hydrogen) atoms. The summed E-state index contributed by atoms with van der Waals surface area (Å²) in [5.41, 5.74) is 0.669. The molecule has 1 atom stereocenters. The molecule has 0 aliphatic carbocycles. The number of anilines is 1. The van der Waals surface area contributed by atoms with Crippen LogP contribution >= 0.6 is 11.6 Å². The van der Waals surface area contributed by atoms with Gasteiger partial charge < -0.3 is 19.4 Å². The van der Waals surface area contributed by atoms with E-state index >= 15 is 0 Å². The van der Waals surface area contributed by atoms with Crippen LogP contribution in [0.5, 0.6) is 0 Å². The zero-order chi connectivity index (χ0) is 29.6. The summed E-state index contributed by atoms with van der Waals surface area (Å²) >= 11 is 6.06. The maximum atomic E-state index is 14.0. The van der Waals surface area contributed by atoms with Crippen molar-refractivity contribution in [2.75, 3.05) is 10.7 Å². The molecular weight excluding hydrogens is 556 g/mol. The summed E-state index contributed by atoms with van der Waals surface area (Å²) in [6, 6.07) is 8.53. The second-order valence-corrected chi connectivity index (χ2v) is 14.3. The van der Waals surface area contributed by atoms with Crippen LogP contribution in [0.1, 0.15) is 58.6 Å². The van der Waals surface area contributed by atoms with Gasteiger partial charge in [0, 0.05) is 16.0 Å². The van der Waals surface area contributed by atoms with E-state index in [1.54, 1.807) is 58.0 Å². The lowest BCUT2D eigenvalue weighted by atomic mass is 9.97. The van der Waals surface area contributed by atoms with Gasteiger partial charge >= 0.3 is 6.09 Å². The minimum atomic E-state index is -4.04. The number of carbonyl (C=O) groups excluding carboxylic acids is 2. The van der Waals surface area contributed by atoms with Crippen molar-refractivity contribution in [1.29, 1.82) is 0 Å². The fraction of sp³-hybridized carbons (Fsp3) is 0.429. The lowest BCUT2D eigenvalue weighted by molar-refractivity contribution is -0.120. The summed E-state index contributed by atoms with van der Waals surface area (Å²) in [6.45, 7) is 12.6. The Morgan fingerprint density at radius 2 is 1.77 bits per heavy atom. The Bertz CT molecular complexity index is 1550. The first-order valence-corrected chi connectivity index (χ1v) is 14.7. The Labute approximate surface area is 239 Å². The van der Waals surface area contributed by atoms with Crippen LogP contribution in [0.2, 0.25) is 5.02 Å². The molecule has 1 aliphatic rings. The molecule has 3 aromatic rings. The molecule has 1 aliphatic heterocycles. The molecule has 0 saturated heterocycles. The summed E-state index contributed by atoms with van der Waals surface area (Å²) in [4.78, 5) is 27.9. The third kappa shape index (κ3) is 6.47. The fourth-order valence-electron chi connectivity index (χ4n) is 4.17. The summed E-state index contributed by atoms with van der Waals surface area (Å²) in [6.07, 6.45) is -0.893. The van der Waals surface area contributed by atoms with Crippen LogP contribution in [0.25, 0.3) is 11.5 Å². The highest BCUT2D eigenvalue weighted by Gasteiger charge is 2.40. The maximum absolute atomic E-state index is 14.0. The van der Waals surface area contributed by atoms with Crippen molar-refractivity contribution in [3.8, 4) is 11.5 Å². The van der Waals surface area contributed by atoms with E-state index in [1.807, 2.05) is 20.8 Å². The molecule has 12 heteroatoms. The highest BCUT2D eigenvalue weighted by Crippen LogP contribution is 2.38. The predicted molar refractivity (Wildman–Crippen MR) is 151 cm³/mol. The van der Waals surface area contributed by atoms with Crippen LogP contribution in [0.15, 0.2) is 45.7 Å². The first-order valence-electron chi connectivity index (χ1n) is 12.7. The van der Waals surface area contributed by atoms with Crippen molar-refractivity contribution in [3.05, 3.63) is 58.4 Å². The molecule has 0 saturated carbocycles. The number of hydrogen-bond acceptors (Lipinski definition) is 8. The van der Waals surface area contributed by atoms with E-state index in [0.717, 1.165) is 0 Å². The van der Waals surface area contributed by atoms with Gasteiger partial charge in [0.25, 0.3) is 5.91 Å². The van der Waals surface area contributed by atoms with Crippen molar-refractivity contribution in [2.24, 2.45) is 0 Å². The van der Waals surface area contributed by atoms with Crippen LogP contribution in [0.3, 0.4) is 0 Å². The van der Waals surface area contributed by atoms with Gasteiger partial charge in [0.05, 0.1) is 22.9 Å². The van der Waals surface area contributed by atoms with Crippen molar-refractivity contribution >= 4 is 39.1 Å². The van der Waals surface area contributed by atoms with E-state index in [1.165, 1.54) is 11.0 Å². The van der Waals surface area contributed by atoms with Gasteiger partial charge in [-0.1, -0.05) is 44.5 Å². The van der Waals surface area contributed by atoms with Crippen molar-refractivity contribution in [2.45, 2.75) is 77.0 Å². The number of rotatable bonds is 4. The molecule has 0 fully saturated rings. The van der Waals surface area contributed by atoms with E-state index in [2.05, 4.69) is 15.5 Å². The Morgan fingerprint density at radius 3 is 2.35 bits per heavy atom. The molecule has 0 unspecified atom stereocenters. The normalized spacial score (nSPS) is 17.2. The number of halogens is 1. The monoisotopic (exact) mass is 588 g/mol. The van der Waals surface area contributed by atoms with Crippen molar-refractivity contribution in [1.82, 2.24) is 15.5 Å². The number of nitrogens with one attached hydrogen (secondary N) is 1. The van der Waals surface area contributed by atoms with Gasteiger partial charge in [0.1, 0.15) is 11.6 Å². The highest BCUT2D eigenvalue weighted by molar-refractivity contribution is 7.91. The lowest BCUT2D eigenvalue weighted by Crippen LogP contribution is -2.51. The smallest absolute Gasteiger partial charge is 0.408 e. The van der Waals surface area contributed by atoms with Gasteiger partial charge in [0.2, 0.25) is 11.8 Å². The number of benzene rings is 2. The molecule has 0 radical (unpaired) electrons. The van der Waals surface area contributed by atoms with Gasteiger partial charge in [-0.05, 0) is 63.1 Å². The van der Waals surface area contributed by atoms with Crippen LogP contribution < -0.4 is 10.2 Å². The SMILES string of the molecule is Cc1cc2c(cc1-c1nnc(C(C)(C)C)o1)N(Cc1ccc(Cl)cc1)C(=O)[C@@H](NC(=O)OC(C)(C)C)CS2(=O)=O. The number of nitrogens with zero attached hydrogens (tertiary/aromatic N) is 3. The Hall–Kier alpha value is -3.44. The van der Waals surface area contributed by atoms with Crippen LogP contribution in [-0.2, 0) is 31.3 Å². The fourth-order valence-corrected chi connectivity index (χ4v) is 5.99. The molecule has 0 bridgehead atoms. The molecule has 10 nitrogen and oxygen atoms in total. The van der Waals surface area contributed by atoms with Crippen LogP contribution in [0.4, 0.5) is 10.5 Å². The Morgan fingerprint density at radius 1 is 1.12 bits per heavy atom. The van der Waals surface area contributed by atoms with E-state index in [-0.39, 0.29) is 23.0 Å². The molecule has 2 amide bonds. The topological polar surface area (TPSA) is 132 Å². The number of hydrogen-bond donors (Lipinski definition) is 1. The highest BCUT2D eigenvalue weighted by atomic mass is 35.5. The Kier molecular flexibility index (Phi) is 7.76.